The van der Waals surface area contributed by atoms with Crippen molar-refractivity contribution < 1.29 is 9.53 Å². The smallest absolute Gasteiger partial charge is 0.265 e. The highest BCUT2D eigenvalue weighted by molar-refractivity contribution is 6.30. The van der Waals surface area contributed by atoms with E-state index in [-0.39, 0.29) is 5.91 Å². The number of aryl methyl sites for hydroxylation is 3. The number of anilines is 1. The van der Waals surface area contributed by atoms with Crippen LogP contribution < -0.4 is 10.1 Å². The number of ether oxygens (including phenoxy) is 1. The van der Waals surface area contributed by atoms with Crippen molar-refractivity contribution in [2.75, 3.05) is 5.32 Å². The first-order valence-electron chi connectivity index (χ1n) is 7.18. The molecule has 116 valence electrons. The molecular weight excluding hydrogens is 298 g/mol. The molecule has 4 heteroatoms. The molecule has 1 atom stereocenters. The van der Waals surface area contributed by atoms with Crippen molar-refractivity contribution in [3.63, 3.8) is 0 Å². The highest BCUT2D eigenvalue weighted by Gasteiger charge is 2.16. The first kappa shape index (κ1) is 16.4. The van der Waals surface area contributed by atoms with E-state index in [1.807, 2.05) is 45.0 Å². The van der Waals surface area contributed by atoms with E-state index < -0.39 is 6.10 Å². The number of benzene rings is 2. The summed E-state index contributed by atoms with van der Waals surface area (Å²) in [6.45, 7) is 7.59. The zero-order valence-corrected chi connectivity index (χ0v) is 14.0. The maximum Gasteiger partial charge on any atom is 0.265 e. The summed E-state index contributed by atoms with van der Waals surface area (Å²) in [6.07, 6.45) is -0.587. The molecule has 22 heavy (non-hydrogen) atoms. The molecule has 0 bridgehead atoms. The van der Waals surface area contributed by atoms with Gasteiger partial charge in [0.05, 0.1) is 0 Å². The number of carbonyl (C=O) groups excluding carboxylic acids is 1. The third-order valence-corrected chi connectivity index (χ3v) is 3.70. The number of hydrogen-bond acceptors (Lipinski definition) is 2. The topological polar surface area (TPSA) is 38.3 Å². The van der Waals surface area contributed by atoms with E-state index in [0.717, 1.165) is 28.1 Å². The molecule has 0 aliphatic carbocycles. The van der Waals surface area contributed by atoms with Crippen LogP contribution in [-0.4, -0.2) is 12.0 Å². The van der Waals surface area contributed by atoms with Crippen LogP contribution in [-0.2, 0) is 4.79 Å². The zero-order chi connectivity index (χ0) is 16.3. The van der Waals surface area contributed by atoms with Crippen LogP contribution in [0.15, 0.2) is 36.4 Å². The Hall–Kier alpha value is -2.00. The van der Waals surface area contributed by atoms with Gasteiger partial charge in [-0.25, -0.2) is 0 Å². The Kier molecular flexibility index (Phi) is 5.09. The molecule has 0 aliphatic heterocycles. The van der Waals surface area contributed by atoms with Crippen molar-refractivity contribution in [1.82, 2.24) is 0 Å². The number of nitrogens with one attached hydrogen (secondary N) is 1. The van der Waals surface area contributed by atoms with Gasteiger partial charge in [0.25, 0.3) is 5.91 Å². The van der Waals surface area contributed by atoms with Crippen LogP contribution in [0.3, 0.4) is 0 Å². The van der Waals surface area contributed by atoms with Crippen LogP contribution in [0.5, 0.6) is 5.75 Å². The summed E-state index contributed by atoms with van der Waals surface area (Å²) >= 11 is 5.92. The fourth-order valence-electron chi connectivity index (χ4n) is 2.08. The van der Waals surface area contributed by atoms with Gasteiger partial charge in [0.2, 0.25) is 0 Å². The summed E-state index contributed by atoms with van der Waals surface area (Å²) in [7, 11) is 0. The van der Waals surface area contributed by atoms with Crippen molar-refractivity contribution in [3.05, 3.63) is 58.1 Å². The largest absolute Gasteiger partial charge is 0.481 e. The minimum atomic E-state index is -0.587. The fraction of sp³-hybridized carbons (Fsp3) is 0.278. The zero-order valence-electron chi connectivity index (χ0n) is 13.2. The monoisotopic (exact) mass is 317 g/mol. The Labute approximate surface area is 136 Å². The molecule has 1 N–H and O–H groups in total. The minimum Gasteiger partial charge on any atom is -0.481 e. The van der Waals surface area contributed by atoms with Gasteiger partial charge < -0.3 is 10.1 Å². The molecule has 0 aromatic heterocycles. The van der Waals surface area contributed by atoms with Crippen LogP contribution >= 0.6 is 11.6 Å². The average molecular weight is 318 g/mol. The molecule has 3 nitrogen and oxygen atoms in total. The lowest BCUT2D eigenvalue weighted by molar-refractivity contribution is -0.122. The number of hydrogen-bond donors (Lipinski definition) is 1. The van der Waals surface area contributed by atoms with E-state index in [2.05, 4.69) is 5.32 Å². The normalized spacial score (nSPS) is 11.9. The SMILES string of the molecule is Cc1ccc(C)c(O[C@@H](C)C(=O)Nc2ccc(Cl)cc2C)c1. The summed E-state index contributed by atoms with van der Waals surface area (Å²) < 4.78 is 5.79. The second kappa shape index (κ2) is 6.84. The predicted octanol–water partition coefficient (Wildman–Crippen LogP) is 4.67. The highest BCUT2D eigenvalue weighted by atomic mass is 35.5. The molecule has 1 amide bonds. The molecule has 0 unspecified atom stereocenters. The standard InChI is InChI=1S/C18H20ClNO2/c1-11-5-6-12(2)17(9-11)22-14(4)18(21)20-16-8-7-15(19)10-13(16)3/h5-10,14H,1-4H3,(H,20,21)/t14-/m0/s1. The summed E-state index contributed by atoms with van der Waals surface area (Å²) in [4.78, 5) is 12.3. The van der Waals surface area contributed by atoms with E-state index in [1.165, 1.54) is 0 Å². The van der Waals surface area contributed by atoms with Crippen LogP contribution in [0.4, 0.5) is 5.69 Å². The molecule has 0 saturated heterocycles. The summed E-state index contributed by atoms with van der Waals surface area (Å²) in [5.41, 5.74) is 3.76. The van der Waals surface area contributed by atoms with Gasteiger partial charge in [-0.3, -0.25) is 4.79 Å². The molecule has 0 saturated carbocycles. The van der Waals surface area contributed by atoms with Crippen molar-refractivity contribution in [3.8, 4) is 5.75 Å². The maximum absolute atomic E-state index is 12.3. The first-order valence-corrected chi connectivity index (χ1v) is 7.55. The lowest BCUT2D eigenvalue weighted by atomic mass is 10.1. The number of rotatable bonds is 4. The van der Waals surface area contributed by atoms with Crippen molar-refractivity contribution in [2.45, 2.75) is 33.8 Å². The minimum absolute atomic E-state index is 0.189. The molecule has 0 fully saturated rings. The van der Waals surface area contributed by atoms with Gasteiger partial charge in [-0.1, -0.05) is 23.7 Å². The van der Waals surface area contributed by atoms with Crippen LogP contribution in [0, 0.1) is 20.8 Å². The number of amides is 1. The summed E-state index contributed by atoms with van der Waals surface area (Å²) in [6, 6.07) is 11.3. The van der Waals surface area contributed by atoms with Crippen LogP contribution in [0.1, 0.15) is 23.6 Å². The van der Waals surface area contributed by atoms with Crippen molar-refractivity contribution >= 4 is 23.2 Å². The summed E-state index contributed by atoms with van der Waals surface area (Å²) in [5.74, 6) is 0.543. The van der Waals surface area contributed by atoms with Crippen LogP contribution in [0.25, 0.3) is 0 Å². The van der Waals surface area contributed by atoms with Gasteiger partial charge in [-0.05, 0) is 68.7 Å². The van der Waals surface area contributed by atoms with Gasteiger partial charge in [-0.15, -0.1) is 0 Å². The Bertz CT molecular complexity index is 697. The van der Waals surface area contributed by atoms with Gasteiger partial charge in [0, 0.05) is 10.7 Å². The lowest BCUT2D eigenvalue weighted by Gasteiger charge is -2.17. The molecule has 0 spiro atoms. The number of halogens is 1. The molecular formula is C18H20ClNO2. The van der Waals surface area contributed by atoms with Crippen molar-refractivity contribution in [1.29, 1.82) is 0 Å². The molecule has 0 aliphatic rings. The second-order valence-electron chi connectivity index (χ2n) is 5.48. The second-order valence-corrected chi connectivity index (χ2v) is 5.91. The highest BCUT2D eigenvalue weighted by Crippen LogP contribution is 2.22. The Morgan fingerprint density at radius 2 is 1.82 bits per heavy atom. The first-order chi connectivity index (χ1) is 10.4. The van der Waals surface area contributed by atoms with Gasteiger partial charge in [-0.2, -0.15) is 0 Å². The number of carbonyl (C=O) groups is 1. The van der Waals surface area contributed by atoms with Crippen molar-refractivity contribution in [2.24, 2.45) is 0 Å². The van der Waals surface area contributed by atoms with Gasteiger partial charge in [0.15, 0.2) is 6.10 Å². The maximum atomic E-state index is 12.3. The Balaban J connectivity index is 2.07. The van der Waals surface area contributed by atoms with E-state index >= 15 is 0 Å². The Morgan fingerprint density at radius 3 is 2.50 bits per heavy atom. The molecule has 2 aromatic carbocycles. The quantitative estimate of drug-likeness (QED) is 0.889. The average Bonchev–Trinajstić information content (AvgIpc) is 2.45. The third kappa shape index (κ3) is 4.01. The van der Waals surface area contributed by atoms with E-state index in [9.17, 15) is 4.79 Å². The molecule has 0 radical (unpaired) electrons. The summed E-state index contributed by atoms with van der Waals surface area (Å²) in [5, 5.41) is 3.52. The predicted molar refractivity (Wildman–Crippen MR) is 90.8 cm³/mol. The molecule has 2 rings (SSSR count). The third-order valence-electron chi connectivity index (χ3n) is 3.46. The molecule has 0 heterocycles. The van der Waals surface area contributed by atoms with E-state index in [0.29, 0.717) is 5.02 Å². The molecule has 2 aromatic rings. The lowest BCUT2D eigenvalue weighted by Crippen LogP contribution is -2.30. The van der Waals surface area contributed by atoms with Gasteiger partial charge in [0.1, 0.15) is 5.75 Å². The fourth-order valence-corrected chi connectivity index (χ4v) is 2.31. The van der Waals surface area contributed by atoms with Crippen LogP contribution in [0.2, 0.25) is 5.02 Å². The van der Waals surface area contributed by atoms with E-state index in [1.54, 1.807) is 19.1 Å². The van der Waals surface area contributed by atoms with Gasteiger partial charge >= 0.3 is 0 Å². The van der Waals surface area contributed by atoms with E-state index in [4.69, 9.17) is 16.3 Å². The Morgan fingerprint density at radius 1 is 1.09 bits per heavy atom.